The predicted octanol–water partition coefficient (Wildman–Crippen LogP) is 5.51. The number of carbonyl (C=O) groups is 1. The molecule has 0 saturated carbocycles. The van der Waals surface area contributed by atoms with Gasteiger partial charge in [0.25, 0.3) is 5.69 Å². The molecule has 166 valence electrons. The number of H-pyrrole nitrogens is 1. The zero-order valence-corrected chi connectivity index (χ0v) is 19.3. The summed E-state index contributed by atoms with van der Waals surface area (Å²) < 4.78 is 4.80. The molecule has 0 atom stereocenters. The number of hydrogen-bond donors (Lipinski definition) is 2. The third kappa shape index (κ3) is 6.06. The van der Waals surface area contributed by atoms with E-state index in [9.17, 15) is 14.9 Å². The van der Waals surface area contributed by atoms with E-state index in [0.29, 0.717) is 27.1 Å². The van der Waals surface area contributed by atoms with E-state index in [0.717, 1.165) is 16.8 Å². The van der Waals surface area contributed by atoms with E-state index in [4.69, 9.17) is 21.4 Å². The molecule has 0 aliphatic rings. The van der Waals surface area contributed by atoms with Crippen molar-refractivity contribution in [2.24, 2.45) is 0 Å². The van der Waals surface area contributed by atoms with Gasteiger partial charge in [-0.25, -0.2) is 0 Å². The molecular weight excluding hydrogens is 420 g/mol. The van der Waals surface area contributed by atoms with Crippen molar-refractivity contribution in [2.75, 3.05) is 7.11 Å². The van der Waals surface area contributed by atoms with Crippen molar-refractivity contribution in [1.82, 2.24) is 4.98 Å². The highest BCUT2D eigenvalue weighted by Crippen LogP contribution is 2.41. The number of nitro groups is 1. The number of hydrogen-bond acceptors (Lipinski definition) is 5. The lowest BCUT2D eigenvalue weighted by Crippen LogP contribution is -2.10. The summed E-state index contributed by atoms with van der Waals surface area (Å²) in [5.74, 6) is -0.454. The number of aliphatic hydroxyl groups is 1. The number of benzene rings is 2. The van der Waals surface area contributed by atoms with E-state index in [2.05, 4.69) is 4.98 Å². The summed E-state index contributed by atoms with van der Waals surface area (Å²) in [6, 6.07) is 9.03. The summed E-state index contributed by atoms with van der Waals surface area (Å²) in [6.07, 6.45) is -0.0543. The zero-order valence-electron chi connectivity index (χ0n) is 18.5. The third-order valence-corrected chi connectivity index (χ3v) is 4.68. The molecule has 0 amide bonds. The molecule has 1 aromatic heterocycles. The van der Waals surface area contributed by atoms with Crippen LogP contribution >= 0.6 is 11.6 Å². The molecule has 3 aromatic rings. The van der Waals surface area contributed by atoms with Crippen LogP contribution in [0.3, 0.4) is 0 Å². The number of carbonyl (C=O) groups excluding carboxylic acids is 1. The maximum absolute atomic E-state index is 12.0. The van der Waals surface area contributed by atoms with Crippen molar-refractivity contribution >= 4 is 34.2 Å². The average Bonchev–Trinajstić information content (AvgIpc) is 3.01. The summed E-state index contributed by atoms with van der Waals surface area (Å²) >= 11 is 6.00. The number of nitrogens with zero attached hydrogens (tertiary/aromatic N) is 1. The number of rotatable bonds is 4. The molecule has 0 aliphatic carbocycles. The second-order valence-corrected chi connectivity index (χ2v) is 8.69. The second-order valence-electron chi connectivity index (χ2n) is 8.26. The molecule has 0 bridgehead atoms. The first-order valence-corrected chi connectivity index (χ1v) is 10.1. The van der Waals surface area contributed by atoms with E-state index < -0.39 is 16.5 Å². The van der Waals surface area contributed by atoms with E-state index in [1.807, 2.05) is 25.1 Å². The highest BCUT2D eigenvalue weighted by molar-refractivity contribution is 6.30. The number of ether oxygens (including phenoxy) is 1. The van der Waals surface area contributed by atoms with Gasteiger partial charge in [-0.05, 0) is 69.5 Å². The maximum Gasteiger partial charge on any atom is 0.310 e. The number of aromatic nitrogens is 1. The van der Waals surface area contributed by atoms with Gasteiger partial charge in [-0.1, -0.05) is 23.7 Å². The molecule has 0 radical (unpaired) electrons. The summed E-state index contributed by atoms with van der Waals surface area (Å²) in [5.41, 5.74) is 3.35. The Balaban J connectivity index is 0.000000614. The predicted molar refractivity (Wildman–Crippen MR) is 123 cm³/mol. The van der Waals surface area contributed by atoms with E-state index >= 15 is 0 Å². The third-order valence-electron chi connectivity index (χ3n) is 4.43. The molecule has 31 heavy (non-hydrogen) atoms. The van der Waals surface area contributed by atoms with Gasteiger partial charge < -0.3 is 14.8 Å². The maximum atomic E-state index is 12.0. The molecule has 2 aromatic carbocycles. The fourth-order valence-electron chi connectivity index (χ4n) is 3.27. The van der Waals surface area contributed by atoms with Gasteiger partial charge in [0, 0.05) is 21.7 Å². The van der Waals surface area contributed by atoms with E-state index in [1.165, 1.54) is 7.11 Å². The quantitative estimate of drug-likeness (QED) is 0.312. The van der Waals surface area contributed by atoms with Crippen LogP contribution in [0.1, 0.15) is 37.6 Å². The number of esters is 1. The van der Waals surface area contributed by atoms with Crippen LogP contribution in [-0.4, -0.2) is 33.7 Å². The molecular formula is C23H27ClN2O5. The zero-order chi connectivity index (χ0) is 23.5. The van der Waals surface area contributed by atoms with Crippen LogP contribution in [0.4, 0.5) is 5.69 Å². The van der Waals surface area contributed by atoms with Crippen LogP contribution in [0.2, 0.25) is 5.02 Å². The van der Waals surface area contributed by atoms with Crippen LogP contribution in [0.25, 0.3) is 22.0 Å². The first-order chi connectivity index (χ1) is 14.3. The number of aryl methyl sites for hydroxylation is 1. The summed E-state index contributed by atoms with van der Waals surface area (Å²) in [7, 11) is 1.30. The Morgan fingerprint density at radius 2 is 1.77 bits per heavy atom. The molecule has 0 unspecified atom stereocenters. The Bertz CT molecular complexity index is 1110. The van der Waals surface area contributed by atoms with Gasteiger partial charge in [-0.2, -0.15) is 0 Å². The molecule has 0 spiro atoms. The number of nitrogens with one attached hydrogen (secondary N) is 1. The Morgan fingerprint density at radius 1 is 1.23 bits per heavy atom. The van der Waals surface area contributed by atoms with Crippen LogP contribution < -0.4 is 0 Å². The number of nitro benzene ring substituents is 1. The SMILES string of the molecule is CC(C)(C)O.COC(=O)Cc1c(C)c([N+](=O)[O-])c2[nH]c(C)cc2c1-c1ccc(Cl)cc1. The highest BCUT2D eigenvalue weighted by atomic mass is 35.5. The van der Waals surface area contributed by atoms with E-state index in [-0.39, 0.29) is 12.1 Å². The van der Waals surface area contributed by atoms with Crippen molar-refractivity contribution in [3.05, 3.63) is 62.3 Å². The number of fused-ring (bicyclic) bond motifs is 1. The van der Waals surface area contributed by atoms with Crippen molar-refractivity contribution < 1.29 is 19.6 Å². The lowest BCUT2D eigenvalue weighted by Gasteiger charge is -2.15. The average molecular weight is 447 g/mol. The Labute approximate surface area is 186 Å². The van der Waals surface area contributed by atoms with Crippen molar-refractivity contribution in [3.8, 4) is 11.1 Å². The molecule has 0 saturated heterocycles. The summed E-state index contributed by atoms with van der Waals surface area (Å²) in [5, 5.41) is 21.5. The largest absolute Gasteiger partial charge is 0.469 e. The minimum Gasteiger partial charge on any atom is -0.469 e. The summed E-state index contributed by atoms with van der Waals surface area (Å²) in [6.45, 7) is 8.73. The van der Waals surface area contributed by atoms with Crippen LogP contribution in [0.5, 0.6) is 0 Å². The molecule has 2 N–H and O–H groups in total. The molecule has 7 nitrogen and oxygen atoms in total. The first-order valence-electron chi connectivity index (χ1n) is 9.67. The lowest BCUT2D eigenvalue weighted by molar-refractivity contribution is -0.383. The topological polar surface area (TPSA) is 105 Å². The fraction of sp³-hybridized carbons (Fsp3) is 0.348. The molecule has 8 heteroatoms. The van der Waals surface area contributed by atoms with Gasteiger partial charge in [0.2, 0.25) is 0 Å². The number of methoxy groups -OCH3 is 1. The van der Waals surface area contributed by atoms with Crippen LogP contribution in [0, 0.1) is 24.0 Å². The molecule has 1 heterocycles. The van der Waals surface area contributed by atoms with Gasteiger partial charge in [-0.15, -0.1) is 0 Å². The first kappa shape index (κ1) is 24.4. The minimum atomic E-state index is -0.500. The van der Waals surface area contributed by atoms with Crippen molar-refractivity contribution in [1.29, 1.82) is 0 Å². The smallest absolute Gasteiger partial charge is 0.310 e. The normalized spacial score (nSPS) is 11.1. The Kier molecular flexibility index (Phi) is 7.46. The Hall–Kier alpha value is -2.90. The van der Waals surface area contributed by atoms with Gasteiger partial charge in [0.15, 0.2) is 0 Å². The molecule has 3 rings (SSSR count). The minimum absolute atomic E-state index is 0.0234. The van der Waals surface area contributed by atoms with Crippen LogP contribution in [-0.2, 0) is 16.0 Å². The van der Waals surface area contributed by atoms with E-state index in [1.54, 1.807) is 39.8 Å². The van der Waals surface area contributed by atoms with Crippen molar-refractivity contribution in [2.45, 2.75) is 46.6 Å². The van der Waals surface area contributed by atoms with Gasteiger partial charge >= 0.3 is 5.97 Å². The summed E-state index contributed by atoms with van der Waals surface area (Å²) in [4.78, 5) is 26.3. The van der Waals surface area contributed by atoms with Crippen LogP contribution in [0.15, 0.2) is 30.3 Å². The lowest BCUT2D eigenvalue weighted by atomic mass is 9.89. The molecule has 0 aliphatic heterocycles. The molecule has 0 fully saturated rings. The van der Waals surface area contributed by atoms with Gasteiger partial charge in [-0.3, -0.25) is 14.9 Å². The standard InChI is InChI=1S/C19H17ClN2O4.C4H10O/c1-10-8-15-17(12-4-6-13(20)7-5-12)14(9-16(23)26-3)11(2)19(22(24)25)18(15)21-10;1-4(2,3)5/h4-8,21H,9H2,1-3H3;5H,1-3H3. The van der Waals surface area contributed by atoms with Gasteiger partial charge in [0.1, 0.15) is 5.52 Å². The fourth-order valence-corrected chi connectivity index (χ4v) is 3.39. The second kappa shape index (κ2) is 9.49. The van der Waals surface area contributed by atoms with Crippen molar-refractivity contribution in [3.63, 3.8) is 0 Å². The van der Waals surface area contributed by atoms with Gasteiger partial charge in [0.05, 0.1) is 24.1 Å². The Morgan fingerprint density at radius 3 is 2.26 bits per heavy atom. The number of halogens is 1. The highest BCUT2D eigenvalue weighted by Gasteiger charge is 2.27. The monoisotopic (exact) mass is 446 g/mol. The number of aromatic amines is 1.